The molecule has 0 saturated heterocycles. The molecule has 0 aliphatic carbocycles. The van der Waals surface area contributed by atoms with Gasteiger partial charge < -0.3 is 30.1 Å². The molecule has 1 atom stereocenters. The predicted octanol–water partition coefficient (Wildman–Crippen LogP) is 3.75. The molecule has 0 aromatic heterocycles. The molecule has 0 bridgehead atoms. The van der Waals surface area contributed by atoms with Crippen LogP contribution in [0.2, 0.25) is 0 Å². The first-order valence-electron chi connectivity index (χ1n) is 11.5. The number of carbonyl (C=O) groups excluding carboxylic acids is 2. The maximum Gasteiger partial charge on any atom is 0.340 e. The minimum absolute atomic E-state index is 0.0548. The number of phenolic OH excluding ortho intramolecular Hbond substituents is 2. The van der Waals surface area contributed by atoms with Crippen molar-refractivity contribution in [2.45, 2.75) is 30.8 Å². The van der Waals surface area contributed by atoms with Gasteiger partial charge in [-0.3, -0.25) is 9.59 Å². The van der Waals surface area contributed by atoms with Crippen molar-refractivity contribution in [1.29, 1.82) is 0 Å². The first-order chi connectivity index (χ1) is 17.3. The molecule has 9 nitrogen and oxygen atoms in total. The number of aromatic hydroxyl groups is 2. The van der Waals surface area contributed by atoms with Gasteiger partial charge in [-0.15, -0.1) is 0 Å². The fourth-order valence-electron chi connectivity index (χ4n) is 5.00. The van der Waals surface area contributed by atoms with Crippen molar-refractivity contribution < 1.29 is 39.2 Å². The minimum atomic E-state index is -1.45. The van der Waals surface area contributed by atoms with Crippen molar-refractivity contribution in [3.8, 4) is 23.0 Å². The van der Waals surface area contributed by atoms with Crippen LogP contribution in [0.4, 0.5) is 0 Å². The highest BCUT2D eigenvalue weighted by molar-refractivity contribution is 5.97. The lowest BCUT2D eigenvalue weighted by molar-refractivity contribution is -0.139. The number of ether oxygens (including phenoxy) is 2. The number of rotatable bonds is 8. The van der Waals surface area contributed by atoms with Gasteiger partial charge in [-0.25, -0.2) is 4.79 Å². The van der Waals surface area contributed by atoms with Gasteiger partial charge >= 0.3 is 11.9 Å². The Morgan fingerprint density at radius 1 is 0.944 bits per heavy atom. The Hall–Kier alpha value is -4.53. The summed E-state index contributed by atoms with van der Waals surface area (Å²) in [6.45, 7) is 0.457. The number of phenols is 2. The molecule has 9 heteroatoms. The molecule has 3 aromatic rings. The van der Waals surface area contributed by atoms with Gasteiger partial charge in [-0.2, -0.15) is 0 Å². The molecular weight excluding hydrogens is 466 g/mol. The number of hydrogen-bond acceptors (Lipinski definition) is 7. The maximum atomic E-state index is 13.1. The fraction of sp³-hybridized carbons (Fsp3) is 0.222. The van der Waals surface area contributed by atoms with Crippen LogP contribution in [-0.4, -0.2) is 40.2 Å². The van der Waals surface area contributed by atoms with Gasteiger partial charge in [0, 0.05) is 35.4 Å². The lowest BCUT2D eigenvalue weighted by Gasteiger charge is -2.36. The van der Waals surface area contributed by atoms with Gasteiger partial charge in [0.05, 0.1) is 11.5 Å². The van der Waals surface area contributed by atoms with Gasteiger partial charge in [0.1, 0.15) is 23.0 Å². The number of esters is 1. The first kappa shape index (κ1) is 23.2. The SMILES string of the molecule is O=CNCCCCC(C(=O)O)c1ccc2c(c1)C1(OC2=O)c2ccc(O)cc2Oc2cc(O)ccc21. The largest absolute Gasteiger partial charge is 0.508 e. The first-order valence-corrected chi connectivity index (χ1v) is 11.5. The van der Waals surface area contributed by atoms with E-state index in [1.165, 1.54) is 24.3 Å². The molecule has 4 N–H and O–H groups in total. The number of amides is 1. The van der Waals surface area contributed by atoms with Crippen molar-refractivity contribution in [2.75, 3.05) is 6.54 Å². The Bertz CT molecular complexity index is 1330. The van der Waals surface area contributed by atoms with Crippen LogP contribution in [0, 0.1) is 0 Å². The molecular formula is C27H23NO8. The Labute approximate surface area is 205 Å². The van der Waals surface area contributed by atoms with Crippen molar-refractivity contribution in [3.63, 3.8) is 0 Å². The number of hydrogen-bond donors (Lipinski definition) is 4. The molecule has 3 aromatic carbocycles. The molecule has 2 aliphatic rings. The molecule has 36 heavy (non-hydrogen) atoms. The normalized spacial score (nSPS) is 15.2. The Kier molecular flexibility index (Phi) is 5.75. The maximum absolute atomic E-state index is 13.1. The van der Waals surface area contributed by atoms with Crippen molar-refractivity contribution >= 4 is 18.3 Å². The third kappa shape index (κ3) is 3.69. The second-order valence-corrected chi connectivity index (χ2v) is 8.80. The quantitative estimate of drug-likeness (QED) is 0.213. The molecule has 184 valence electrons. The van der Waals surface area contributed by atoms with Crippen molar-refractivity contribution in [3.05, 3.63) is 82.4 Å². The molecule has 1 unspecified atom stereocenters. The monoisotopic (exact) mass is 489 g/mol. The molecule has 2 heterocycles. The summed E-state index contributed by atoms with van der Waals surface area (Å²) in [7, 11) is 0. The molecule has 2 aliphatic heterocycles. The number of benzene rings is 3. The van der Waals surface area contributed by atoms with Crippen molar-refractivity contribution in [2.24, 2.45) is 0 Å². The Morgan fingerprint density at radius 3 is 2.22 bits per heavy atom. The second-order valence-electron chi connectivity index (χ2n) is 8.80. The number of nitrogens with one attached hydrogen (secondary N) is 1. The summed E-state index contributed by atoms with van der Waals surface area (Å²) in [6, 6.07) is 13.8. The van der Waals surface area contributed by atoms with Crippen LogP contribution in [-0.2, 0) is 19.9 Å². The second kappa shape index (κ2) is 8.92. The minimum Gasteiger partial charge on any atom is -0.508 e. The summed E-state index contributed by atoms with van der Waals surface area (Å²) in [4.78, 5) is 35.7. The van der Waals surface area contributed by atoms with Crippen LogP contribution in [0.1, 0.15) is 57.8 Å². The highest BCUT2D eigenvalue weighted by Gasteiger charge is 2.54. The highest BCUT2D eigenvalue weighted by Crippen LogP contribution is 2.57. The van der Waals surface area contributed by atoms with Crippen LogP contribution in [0.5, 0.6) is 23.0 Å². The molecule has 1 spiro atoms. The number of fused-ring (bicyclic) bond motifs is 6. The van der Waals surface area contributed by atoms with E-state index in [9.17, 15) is 29.7 Å². The standard InChI is InChI=1S/C27H23NO8/c29-14-28-10-2-1-3-18(25(32)33)15-4-7-19-22(11-15)27(36-26(19)34)20-8-5-16(30)12-23(20)35-24-13-17(31)6-9-21(24)27/h4-9,11-14,18,30-31H,1-3,10H2,(H,28,29)(H,32,33). The van der Waals surface area contributed by atoms with E-state index in [1.807, 2.05) is 0 Å². The number of carbonyl (C=O) groups is 3. The summed E-state index contributed by atoms with van der Waals surface area (Å²) >= 11 is 0. The van der Waals surface area contributed by atoms with E-state index in [2.05, 4.69) is 5.32 Å². The third-order valence-electron chi connectivity index (χ3n) is 6.65. The average Bonchev–Trinajstić information content (AvgIpc) is 3.13. The van der Waals surface area contributed by atoms with Crippen LogP contribution >= 0.6 is 0 Å². The summed E-state index contributed by atoms with van der Waals surface area (Å²) in [5.41, 5.74) is 0.738. The molecule has 0 radical (unpaired) electrons. The molecule has 1 amide bonds. The van der Waals surface area contributed by atoms with Crippen LogP contribution in [0.15, 0.2) is 54.6 Å². The van der Waals surface area contributed by atoms with Gasteiger partial charge in [-0.1, -0.05) is 12.5 Å². The molecule has 0 saturated carbocycles. The fourth-order valence-corrected chi connectivity index (χ4v) is 5.00. The van der Waals surface area contributed by atoms with Gasteiger partial charge in [0.2, 0.25) is 6.41 Å². The number of unbranched alkanes of at least 4 members (excludes halogenated alkanes) is 1. The average molecular weight is 489 g/mol. The van der Waals surface area contributed by atoms with Gasteiger partial charge in [0.25, 0.3) is 0 Å². The zero-order chi connectivity index (χ0) is 25.4. The van der Waals surface area contributed by atoms with Crippen LogP contribution in [0.25, 0.3) is 0 Å². The van der Waals surface area contributed by atoms with Gasteiger partial charge in [-0.05, 0) is 54.8 Å². The molecule has 0 fully saturated rings. The lowest BCUT2D eigenvalue weighted by Crippen LogP contribution is -2.33. The zero-order valence-corrected chi connectivity index (χ0v) is 19.1. The third-order valence-corrected chi connectivity index (χ3v) is 6.65. The molecule has 5 rings (SSSR count). The number of aliphatic carboxylic acids is 1. The van der Waals surface area contributed by atoms with E-state index in [-0.39, 0.29) is 28.6 Å². The summed E-state index contributed by atoms with van der Waals surface area (Å²) < 4.78 is 12.0. The smallest absolute Gasteiger partial charge is 0.340 e. The zero-order valence-electron chi connectivity index (χ0n) is 19.1. The Morgan fingerprint density at radius 2 is 1.61 bits per heavy atom. The van der Waals surface area contributed by atoms with Gasteiger partial charge in [0.15, 0.2) is 5.60 Å². The van der Waals surface area contributed by atoms with E-state index in [4.69, 9.17) is 9.47 Å². The lowest BCUT2D eigenvalue weighted by atomic mass is 9.76. The Balaban J connectivity index is 1.64. The summed E-state index contributed by atoms with van der Waals surface area (Å²) in [5.74, 6) is -2.03. The topological polar surface area (TPSA) is 142 Å². The van der Waals surface area contributed by atoms with E-state index < -0.39 is 23.5 Å². The summed E-state index contributed by atoms with van der Waals surface area (Å²) in [6.07, 6.45) is 2.15. The highest BCUT2D eigenvalue weighted by atomic mass is 16.6. The van der Waals surface area contributed by atoms with E-state index >= 15 is 0 Å². The van der Waals surface area contributed by atoms with E-state index in [1.54, 1.807) is 30.3 Å². The predicted molar refractivity (Wildman–Crippen MR) is 126 cm³/mol. The number of carboxylic acid groups (broad SMARTS) is 1. The van der Waals surface area contributed by atoms with Crippen LogP contribution in [0.3, 0.4) is 0 Å². The van der Waals surface area contributed by atoms with E-state index in [0.717, 1.165) is 0 Å². The van der Waals surface area contributed by atoms with Crippen LogP contribution < -0.4 is 10.1 Å². The summed E-state index contributed by atoms with van der Waals surface area (Å²) in [5, 5.41) is 32.6. The van der Waals surface area contributed by atoms with Crippen molar-refractivity contribution in [1.82, 2.24) is 5.32 Å². The van der Waals surface area contributed by atoms with E-state index in [0.29, 0.717) is 54.5 Å². The number of carboxylic acids is 1.